The molecule has 2 aromatic heterocycles. The Kier molecular flexibility index (Phi) is 5.60. The van der Waals surface area contributed by atoms with Gasteiger partial charge in [-0.3, -0.25) is 9.48 Å². The van der Waals surface area contributed by atoms with Crippen LogP contribution in [0.25, 0.3) is 10.2 Å². The number of thiazole rings is 1. The summed E-state index contributed by atoms with van der Waals surface area (Å²) < 4.78 is 10.3. The molecule has 1 aromatic carbocycles. The number of rotatable bonds is 6. The van der Waals surface area contributed by atoms with E-state index in [1.165, 1.54) is 11.3 Å². The van der Waals surface area contributed by atoms with Crippen molar-refractivity contribution in [3.05, 3.63) is 53.1 Å². The third kappa shape index (κ3) is 3.88. The van der Waals surface area contributed by atoms with Crippen molar-refractivity contribution < 1.29 is 9.53 Å². The van der Waals surface area contributed by atoms with Gasteiger partial charge in [0.05, 0.1) is 22.5 Å². The molecule has 0 fully saturated rings. The molecule has 27 heavy (non-hydrogen) atoms. The fraction of sp³-hybridized carbons (Fsp3) is 0.350. The normalized spacial score (nSPS) is 12.1. The van der Waals surface area contributed by atoms with Crippen LogP contribution < -0.4 is 9.54 Å². The molecular weight excluding hydrogens is 360 g/mol. The van der Waals surface area contributed by atoms with E-state index >= 15 is 0 Å². The lowest BCUT2D eigenvalue weighted by molar-refractivity contribution is 0.0986. The Labute approximate surface area is 162 Å². The average molecular weight is 385 g/mol. The predicted octanol–water partition coefficient (Wildman–Crippen LogP) is 4.11. The second-order valence-corrected chi connectivity index (χ2v) is 7.48. The van der Waals surface area contributed by atoms with Gasteiger partial charge in [-0.05, 0) is 52.0 Å². The first-order valence-electron chi connectivity index (χ1n) is 8.96. The number of hydrogen-bond acceptors (Lipinski definition) is 4. The fourth-order valence-corrected chi connectivity index (χ4v) is 3.98. The number of hydrogen-bond donors (Lipinski definition) is 0. The third-order valence-corrected chi connectivity index (χ3v) is 5.08. The molecule has 0 aliphatic carbocycles. The molecule has 0 N–H and O–H groups in total. The van der Waals surface area contributed by atoms with Crippen molar-refractivity contribution in [1.82, 2.24) is 14.3 Å². The lowest BCUT2D eigenvalue weighted by atomic mass is 10.3. The van der Waals surface area contributed by atoms with E-state index in [9.17, 15) is 4.79 Å². The molecule has 3 rings (SSSR count). The zero-order valence-electron chi connectivity index (χ0n) is 16.1. The van der Waals surface area contributed by atoms with Crippen molar-refractivity contribution in [2.45, 2.75) is 40.3 Å². The van der Waals surface area contributed by atoms with Crippen LogP contribution in [0.3, 0.4) is 0 Å². The van der Waals surface area contributed by atoms with E-state index in [1.807, 2.05) is 50.5 Å². The highest BCUT2D eigenvalue weighted by atomic mass is 32.1. The van der Waals surface area contributed by atoms with Gasteiger partial charge in [-0.15, -0.1) is 6.58 Å². The van der Waals surface area contributed by atoms with Gasteiger partial charge in [0.1, 0.15) is 11.4 Å². The molecule has 0 saturated carbocycles. The predicted molar refractivity (Wildman–Crippen MR) is 108 cm³/mol. The average Bonchev–Trinajstić information content (AvgIpc) is 3.16. The zero-order valence-corrected chi connectivity index (χ0v) is 16.9. The minimum Gasteiger partial charge on any atom is -0.494 e. The van der Waals surface area contributed by atoms with Gasteiger partial charge in [-0.1, -0.05) is 17.4 Å². The smallest absolute Gasteiger partial charge is 0.297 e. The van der Waals surface area contributed by atoms with Crippen LogP contribution in [-0.2, 0) is 6.54 Å². The van der Waals surface area contributed by atoms with E-state index in [1.54, 1.807) is 16.8 Å². The quantitative estimate of drug-likeness (QED) is 0.601. The minimum absolute atomic E-state index is 0.0873. The molecule has 0 spiro atoms. The molecule has 6 nitrogen and oxygen atoms in total. The van der Waals surface area contributed by atoms with Crippen LogP contribution in [0.15, 0.2) is 41.9 Å². The number of nitrogens with zero attached hydrogens (tertiary/aromatic N) is 4. The van der Waals surface area contributed by atoms with Crippen molar-refractivity contribution >= 4 is 27.5 Å². The van der Waals surface area contributed by atoms with Crippen molar-refractivity contribution in [3.63, 3.8) is 0 Å². The monoisotopic (exact) mass is 384 g/mol. The number of aryl methyl sites for hydroxylation is 1. The topological polar surface area (TPSA) is 61.4 Å². The van der Waals surface area contributed by atoms with Crippen molar-refractivity contribution in [1.29, 1.82) is 0 Å². The van der Waals surface area contributed by atoms with E-state index in [2.05, 4.69) is 16.7 Å². The van der Waals surface area contributed by atoms with Gasteiger partial charge in [0.15, 0.2) is 4.80 Å². The SMILES string of the molecule is C=CCn1c(=NC(=O)c2cc(C)nn2C(C)C)sc2cc(OCC)ccc21. The summed E-state index contributed by atoms with van der Waals surface area (Å²) in [6.07, 6.45) is 1.80. The van der Waals surface area contributed by atoms with E-state index in [-0.39, 0.29) is 11.9 Å². The van der Waals surface area contributed by atoms with Crippen LogP contribution in [0, 0.1) is 6.92 Å². The first kappa shape index (κ1) is 19.1. The van der Waals surface area contributed by atoms with E-state index in [4.69, 9.17) is 4.74 Å². The van der Waals surface area contributed by atoms with Crippen molar-refractivity contribution in [2.75, 3.05) is 6.61 Å². The summed E-state index contributed by atoms with van der Waals surface area (Å²) in [6.45, 7) is 12.8. The molecule has 0 atom stereocenters. The number of fused-ring (bicyclic) bond motifs is 1. The highest BCUT2D eigenvalue weighted by Gasteiger charge is 2.16. The summed E-state index contributed by atoms with van der Waals surface area (Å²) in [7, 11) is 0. The Morgan fingerprint density at radius 3 is 2.85 bits per heavy atom. The van der Waals surface area contributed by atoms with Gasteiger partial charge in [0, 0.05) is 12.6 Å². The molecule has 0 saturated heterocycles. The summed E-state index contributed by atoms with van der Waals surface area (Å²) in [5.74, 6) is 0.516. The first-order chi connectivity index (χ1) is 12.9. The molecule has 0 bridgehead atoms. The number of allylic oxidation sites excluding steroid dienone is 1. The summed E-state index contributed by atoms with van der Waals surface area (Å²) >= 11 is 1.47. The molecule has 2 heterocycles. The molecule has 0 unspecified atom stereocenters. The van der Waals surface area contributed by atoms with Gasteiger partial charge >= 0.3 is 0 Å². The number of ether oxygens (including phenoxy) is 1. The maximum absolute atomic E-state index is 12.9. The summed E-state index contributed by atoms with van der Waals surface area (Å²) in [5.41, 5.74) is 2.31. The van der Waals surface area contributed by atoms with Crippen LogP contribution in [0.4, 0.5) is 0 Å². The molecule has 3 aromatic rings. The lowest BCUT2D eigenvalue weighted by Crippen LogP contribution is -2.18. The second kappa shape index (κ2) is 7.92. The largest absolute Gasteiger partial charge is 0.494 e. The standard InChI is InChI=1S/C20H24N4O2S/c1-6-10-23-16-9-8-15(26-7-2)12-18(16)27-20(23)21-19(25)17-11-14(5)22-24(17)13(3)4/h6,8-9,11-13H,1,7,10H2,2-5H3. The maximum atomic E-state index is 12.9. The number of carbonyl (C=O) groups excluding carboxylic acids is 1. The molecule has 1 amide bonds. The summed E-state index contributed by atoms with van der Waals surface area (Å²) in [5, 5.41) is 4.41. The third-order valence-electron chi connectivity index (χ3n) is 4.04. The highest BCUT2D eigenvalue weighted by Crippen LogP contribution is 2.23. The summed E-state index contributed by atoms with van der Waals surface area (Å²) in [6, 6.07) is 7.77. The van der Waals surface area contributed by atoms with Crippen LogP contribution >= 0.6 is 11.3 Å². The minimum atomic E-state index is -0.293. The van der Waals surface area contributed by atoms with Gasteiger partial charge < -0.3 is 9.30 Å². The molecule has 142 valence electrons. The molecule has 0 aliphatic rings. The Morgan fingerprint density at radius 2 is 2.19 bits per heavy atom. The van der Waals surface area contributed by atoms with Crippen LogP contribution in [0.1, 0.15) is 43.0 Å². The van der Waals surface area contributed by atoms with E-state index < -0.39 is 0 Å². The van der Waals surface area contributed by atoms with Crippen molar-refractivity contribution in [3.8, 4) is 5.75 Å². The van der Waals surface area contributed by atoms with Crippen LogP contribution in [0.2, 0.25) is 0 Å². The molecular formula is C20H24N4O2S. The zero-order chi connectivity index (χ0) is 19.6. The number of benzene rings is 1. The van der Waals surface area contributed by atoms with E-state index in [0.29, 0.717) is 23.6 Å². The number of aromatic nitrogens is 3. The van der Waals surface area contributed by atoms with Crippen LogP contribution in [-0.4, -0.2) is 26.9 Å². The van der Waals surface area contributed by atoms with Gasteiger partial charge in [-0.25, -0.2) is 0 Å². The Hall–Kier alpha value is -2.67. The summed E-state index contributed by atoms with van der Waals surface area (Å²) in [4.78, 5) is 17.9. The van der Waals surface area contributed by atoms with Crippen molar-refractivity contribution in [2.24, 2.45) is 4.99 Å². The van der Waals surface area contributed by atoms with Gasteiger partial charge in [-0.2, -0.15) is 10.1 Å². The highest BCUT2D eigenvalue weighted by molar-refractivity contribution is 7.16. The second-order valence-electron chi connectivity index (χ2n) is 6.47. The lowest BCUT2D eigenvalue weighted by Gasteiger charge is -2.08. The van der Waals surface area contributed by atoms with Crippen LogP contribution in [0.5, 0.6) is 5.75 Å². The Bertz CT molecular complexity index is 1060. The number of carbonyl (C=O) groups is 1. The Morgan fingerprint density at radius 1 is 1.41 bits per heavy atom. The van der Waals surface area contributed by atoms with Gasteiger partial charge in [0.2, 0.25) is 0 Å². The molecule has 7 heteroatoms. The van der Waals surface area contributed by atoms with E-state index in [0.717, 1.165) is 21.7 Å². The number of amides is 1. The first-order valence-corrected chi connectivity index (χ1v) is 9.78. The molecule has 0 radical (unpaired) electrons. The van der Waals surface area contributed by atoms with Gasteiger partial charge in [0.25, 0.3) is 5.91 Å². The maximum Gasteiger partial charge on any atom is 0.297 e. The Balaban J connectivity index is 2.13. The fourth-order valence-electron chi connectivity index (χ4n) is 2.92. The molecule has 0 aliphatic heterocycles.